The predicted molar refractivity (Wildman–Crippen MR) is 109 cm³/mol. The Morgan fingerprint density at radius 2 is 1.87 bits per heavy atom. The van der Waals surface area contributed by atoms with Gasteiger partial charge in [-0.2, -0.15) is 0 Å². The summed E-state index contributed by atoms with van der Waals surface area (Å²) in [6, 6.07) is 12.3. The third-order valence-corrected chi connectivity index (χ3v) is 5.03. The zero-order valence-electron chi connectivity index (χ0n) is 16.6. The zero-order valence-corrected chi connectivity index (χ0v) is 16.6. The number of likely N-dealkylation sites (tertiary alicyclic amines) is 1. The van der Waals surface area contributed by atoms with Crippen molar-refractivity contribution >= 4 is 11.8 Å². The summed E-state index contributed by atoms with van der Waals surface area (Å²) in [6.07, 6.45) is 0.746. The van der Waals surface area contributed by atoms with Gasteiger partial charge in [0, 0.05) is 18.7 Å². The molecule has 0 aliphatic carbocycles. The Balaban J connectivity index is 1.60. The number of aliphatic hydroxyl groups excluding tert-OH is 1. The van der Waals surface area contributed by atoms with E-state index in [2.05, 4.69) is 10.2 Å². The molecule has 0 aromatic heterocycles. The minimum Gasteiger partial charge on any atom is -0.484 e. The SMILES string of the molecule is NC(=O)COc1ccc(C(=O)N[C@@H]2CN(Cc3ccc(F)cc3)CCC[C@H]2O)cc1. The number of aliphatic hydroxyl groups is 1. The van der Waals surface area contributed by atoms with E-state index >= 15 is 0 Å². The highest BCUT2D eigenvalue weighted by Crippen LogP contribution is 2.17. The number of hydrogen-bond acceptors (Lipinski definition) is 5. The predicted octanol–water partition coefficient (Wildman–Crippen LogP) is 1.45. The second-order valence-electron chi connectivity index (χ2n) is 7.43. The van der Waals surface area contributed by atoms with Gasteiger partial charge >= 0.3 is 0 Å². The molecule has 3 rings (SSSR count). The number of nitrogens with two attached hydrogens (primary N) is 1. The molecular weight excluding hydrogens is 389 g/mol. The van der Waals surface area contributed by atoms with Gasteiger partial charge in [0.25, 0.3) is 11.8 Å². The number of hydrogen-bond donors (Lipinski definition) is 3. The van der Waals surface area contributed by atoms with Crippen LogP contribution in [0, 0.1) is 5.82 Å². The first kappa shape index (κ1) is 21.7. The summed E-state index contributed by atoms with van der Waals surface area (Å²) < 4.78 is 18.3. The molecule has 2 atom stereocenters. The summed E-state index contributed by atoms with van der Waals surface area (Å²) in [7, 11) is 0. The van der Waals surface area contributed by atoms with E-state index < -0.39 is 18.1 Å². The lowest BCUT2D eigenvalue weighted by Gasteiger charge is -2.27. The third kappa shape index (κ3) is 6.27. The molecule has 7 nitrogen and oxygen atoms in total. The first-order valence-corrected chi connectivity index (χ1v) is 9.87. The summed E-state index contributed by atoms with van der Waals surface area (Å²) >= 11 is 0. The van der Waals surface area contributed by atoms with E-state index in [1.807, 2.05) is 0 Å². The monoisotopic (exact) mass is 415 g/mol. The molecule has 0 spiro atoms. The second-order valence-corrected chi connectivity index (χ2v) is 7.43. The van der Waals surface area contributed by atoms with Crippen LogP contribution >= 0.6 is 0 Å². The molecule has 2 aromatic carbocycles. The number of benzene rings is 2. The lowest BCUT2D eigenvalue weighted by atomic mass is 10.1. The first-order chi connectivity index (χ1) is 14.4. The minimum atomic E-state index is -0.648. The number of amides is 2. The highest BCUT2D eigenvalue weighted by atomic mass is 19.1. The van der Waals surface area contributed by atoms with Gasteiger partial charge in [0.2, 0.25) is 0 Å². The van der Waals surface area contributed by atoms with Crippen LogP contribution in [0.5, 0.6) is 5.75 Å². The molecule has 8 heteroatoms. The van der Waals surface area contributed by atoms with Crippen LogP contribution in [0.1, 0.15) is 28.8 Å². The van der Waals surface area contributed by atoms with Crippen molar-refractivity contribution in [2.75, 3.05) is 19.7 Å². The van der Waals surface area contributed by atoms with E-state index in [-0.39, 0.29) is 18.3 Å². The van der Waals surface area contributed by atoms with Gasteiger partial charge in [0.15, 0.2) is 6.61 Å². The van der Waals surface area contributed by atoms with Crippen LogP contribution in [-0.2, 0) is 11.3 Å². The van der Waals surface area contributed by atoms with Crippen molar-refractivity contribution in [1.82, 2.24) is 10.2 Å². The van der Waals surface area contributed by atoms with Crippen LogP contribution in [0.2, 0.25) is 0 Å². The molecular formula is C22H26FN3O4. The molecule has 4 N–H and O–H groups in total. The van der Waals surface area contributed by atoms with Crippen LogP contribution in [-0.4, -0.2) is 53.7 Å². The van der Waals surface area contributed by atoms with Gasteiger partial charge in [-0.05, 0) is 61.3 Å². The van der Waals surface area contributed by atoms with Crippen molar-refractivity contribution in [3.8, 4) is 5.75 Å². The molecule has 0 saturated carbocycles. The quantitative estimate of drug-likeness (QED) is 0.635. The number of nitrogens with one attached hydrogen (secondary N) is 1. The van der Waals surface area contributed by atoms with Crippen molar-refractivity contribution in [2.24, 2.45) is 5.73 Å². The first-order valence-electron chi connectivity index (χ1n) is 9.87. The fraction of sp³-hybridized carbons (Fsp3) is 0.364. The second kappa shape index (κ2) is 10.2. The zero-order chi connectivity index (χ0) is 21.5. The molecule has 2 aromatic rings. The van der Waals surface area contributed by atoms with Crippen molar-refractivity contribution in [1.29, 1.82) is 0 Å². The molecule has 1 aliphatic heterocycles. The minimum absolute atomic E-state index is 0.232. The number of nitrogens with zero attached hydrogens (tertiary/aromatic N) is 1. The topological polar surface area (TPSA) is 105 Å². The van der Waals surface area contributed by atoms with E-state index in [1.54, 1.807) is 36.4 Å². The third-order valence-electron chi connectivity index (χ3n) is 5.03. The van der Waals surface area contributed by atoms with Crippen LogP contribution in [0.3, 0.4) is 0 Å². The molecule has 0 radical (unpaired) electrons. The van der Waals surface area contributed by atoms with Crippen molar-refractivity contribution < 1.29 is 23.8 Å². The molecule has 1 aliphatic rings. The highest BCUT2D eigenvalue weighted by molar-refractivity contribution is 5.94. The fourth-order valence-corrected chi connectivity index (χ4v) is 3.46. The van der Waals surface area contributed by atoms with Gasteiger partial charge in [-0.1, -0.05) is 12.1 Å². The molecule has 0 unspecified atom stereocenters. The van der Waals surface area contributed by atoms with Gasteiger partial charge in [-0.3, -0.25) is 14.5 Å². The molecule has 2 amide bonds. The summed E-state index contributed by atoms with van der Waals surface area (Å²) in [5, 5.41) is 13.4. The van der Waals surface area contributed by atoms with Crippen LogP contribution < -0.4 is 15.8 Å². The number of primary amides is 1. The van der Waals surface area contributed by atoms with Crippen molar-refractivity contribution in [3.05, 3.63) is 65.5 Å². The number of ether oxygens (including phenoxy) is 1. The number of rotatable bonds is 7. The molecule has 30 heavy (non-hydrogen) atoms. The Kier molecular flexibility index (Phi) is 7.37. The summed E-state index contributed by atoms with van der Waals surface area (Å²) in [5.74, 6) is -0.722. The molecule has 160 valence electrons. The van der Waals surface area contributed by atoms with Gasteiger partial charge in [-0.15, -0.1) is 0 Å². The Labute approximate surface area is 174 Å². The van der Waals surface area contributed by atoms with Crippen molar-refractivity contribution in [3.63, 3.8) is 0 Å². The number of carbonyl (C=O) groups is 2. The van der Waals surface area contributed by atoms with E-state index in [0.29, 0.717) is 30.8 Å². The normalized spacial score (nSPS) is 19.7. The van der Waals surface area contributed by atoms with E-state index in [4.69, 9.17) is 10.5 Å². The van der Waals surface area contributed by atoms with Crippen LogP contribution in [0.4, 0.5) is 4.39 Å². The maximum Gasteiger partial charge on any atom is 0.255 e. The molecule has 1 fully saturated rings. The van der Waals surface area contributed by atoms with E-state index in [9.17, 15) is 19.1 Å². The van der Waals surface area contributed by atoms with E-state index in [0.717, 1.165) is 18.5 Å². The Morgan fingerprint density at radius 3 is 2.53 bits per heavy atom. The van der Waals surface area contributed by atoms with Gasteiger partial charge in [-0.25, -0.2) is 4.39 Å². The number of carbonyl (C=O) groups excluding carboxylic acids is 2. The van der Waals surface area contributed by atoms with Gasteiger partial charge in [0.05, 0.1) is 12.1 Å². The standard InChI is InChI=1S/C22H26FN3O4/c23-17-7-3-15(4-8-17)12-26-11-1-2-20(27)19(13-26)25-22(29)16-5-9-18(10-6-16)30-14-21(24)28/h3-10,19-20,27H,1-2,11-14H2,(H2,24,28)(H,25,29)/t19-,20-/m1/s1. The largest absolute Gasteiger partial charge is 0.484 e. The lowest BCUT2D eigenvalue weighted by molar-refractivity contribution is -0.119. The van der Waals surface area contributed by atoms with E-state index in [1.165, 1.54) is 12.1 Å². The Morgan fingerprint density at radius 1 is 1.17 bits per heavy atom. The van der Waals surface area contributed by atoms with Crippen LogP contribution in [0.15, 0.2) is 48.5 Å². The summed E-state index contributed by atoms with van der Waals surface area (Å²) in [6.45, 7) is 1.66. The fourth-order valence-electron chi connectivity index (χ4n) is 3.46. The Hall–Kier alpha value is -2.97. The summed E-state index contributed by atoms with van der Waals surface area (Å²) in [4.78, 5) is 25.6. The molecule has 1 heterocycles. The lowest BCUT2D eigenvalue weighted by Crippen LogP contribution is -2.48. The molecule has 0 bridgehead atoms. The number of halogens is 1. The average molecular weight is 415 g/mol. The summed E-state index contributed by atoms with van der Waals surface area (Å²) in [5.41, 5.74) is 6.44. The maximum absolute atomic E-state index is 13.1. The van der Waals surface area contributed by atoms with Crippen LogP contribution in [0.25, 0.3) is 0 Å². The highest BCUT2D eigenvalue weighted by Gasteiger charge is 2.27. The maximum atomic E-state index is 13.1. The van der Waals surface area contributed by atoms with Gasteiger partial charge < -0.3 is 20.9 Å². The average Bonchev–Trinajstić information content (AvgIpc) is 2.89. The van der Waals surface area contributed by atoms with Crippen molar-refractivity contribution in [2.45, 2.75) is 31.5 Å². The Bertz CT molecular complexity index is 858. The molecule has 1 saturated heterocycles. The smallest absolute Gasteiger partial charge is 0.255 e. The van der Waals surface area contributed by atoms with Gasteiger partial charge in [0.1, 0.15) is 11.6 Å².